The average Bonchev–Trinajstić information content (AvgIpc) is 3.19. The number of benzene rings is 1. The van der Waals surface area contributed by atoms with E-state index in [4.69, 9.17) is 9.47 Å². The molecule has 0 bridgehead atoms. The van der Waals surface area contributed by atoms with Crippen molar-refractivity contribution in [1.82, 2.24) is 5.32 Å². The molecule has 0 radical (unpaired) electrons. The van der Waals surface area contributed by atoms with Crippen LogP contribution in [0, 0.1) is 56.7 Å². The summed E-state index contributed by atoms with van der Waals surface area (Å²) in [5.74, 6) is 0.260. The summed E-state index contributed by atoms with van der Waals surface area (Å²) in [5, 5.41) is 13.7. The van der Waals surface area contributed by atoms with Crippen LogP contribution in [0.25, 0.3) is 0 Å². The number of carbonyl (C=O) groups is 4. The number of carboxylic acid groups (broad SMARTS) is 1. The molecule has 9 nitrogen and oxygen atoms in total. The standard InChI is InChI=1S/C50H71F3N2O7/c1-10-32-28-35(33-27-31(50(51,52)53)15-17-36(33)55(32)44(60)61-11-2)54-40(56)13-12-14-41(57)62-39-21-22-46(7)37(45(39,5)6)20-23-48(9)38(46)18-16-34-42-30(4)29(3)19-24-49(42,43(58)59)26-25-47(34,48)8/h15-17,27,29-30,32,35,37-39,42H,10-14,18-26,28H2,1-9H3,(H,54,56)(H,58,59)/t29-,30+,32-,35+,37+,38-,39+,42+,46+,47-,48-,49+/m1/s1. The van der Waals surface area contributed by atoms with Crippen LogP contribution in [0.2, 0.25) is 0 Å². The lowest BCUT2D eigenvalue weighted by molar-refractivity contribution is -0.214. The topological polar surface area (TPSA) is 122 Å². The minimum atomic E-state index is -4.61. The summed E-state index contributed by atoms with van der Waals surface area (Å²) in [5.41, 5.74) is 0.0227. The first-order valence-electron chi connectivity index (χ1n) is 23.6. The molecule has 12 atom stereocenters. The zero-order valence-corrected chi connectivity index (χ0v) is 38.5. The van der Waals surface area contributed by atoms with E-state index >= 15 is 0 Å². The van der Waals surface area contributed by atoms with Crippen LogP contribution in [-0.4, -0.2) is 47.8 Å². The molecular formula is C50H71F3N2O7. The molecule has 1 aromatic rings. The second kappa shape index (κ2) is 16.5. The first-order chi connectivity index (χ1) is 29.0. The van der Waals surface area contributed by atoms with Gasteiger partial charge in [0, 0.05) is 24.3 Å². The van der Waals surface area contributed by atoms with Crippen molar-refractivity contribution in [3.63, 3.8) is 0 Å². The largest absolute Gasteiger partial charge is 0.481 e. The third kappa shape index (κ3) is 7.37. The molecule has 0 spiro atoms. The molecule has 4 fully saturated rings. The summed E-state index contributed by atoms with van der Waals surface area (Å²) in [7, 11) is 0. The van der Waals surface area contributed by atoms with Crippen molar-refractivity contribution in [3.8, 4) is 0 Å². The van der Waals surface area contributed by atoms with Crippen molar-refractivity contribution >= 4 is 29.6 Å². The van der Waals surface area contributed by atoms with E-state index in [1.807, 2.05) is 6.92 Å². The number of hydrogen-bond acceptors (Lipinski definition) is 6. The molecule has 1 aromatic carbocycles. The Kier molecular flexibility index (Phi) is 12.3. The highest BCUT2D eigenvalue weighted by atomic mass is 19.4. The number of nitrogens with zero attached hydrogens (tertiary/aromatic N) is 1. The van der Waals surface area contributed by atoms with Crippen LogP contribution in [0.3, 0.4) is 0 Å². The summed E-state index contributed by atoms with van der Waals surface area (Å²) in [6.07, 6.45) is 5.99. The van der Waals surface area contributed by atoms with E-state index in [0.717, 1.165) is 69.9 Å². The Hall–Kier alpha value is -3.57. The smallest absolute Gasteiger partial charge is 0.416 e. The molecule has 2 N–H and O–H groups in total. The Bertz CT molecular complexity index is 1960. The molecule has 62 heavy (non-hydrogen) atoms. The predicted molar refractivity (Wildman–Crippen MR) is 231 cm³/mol. The van der Waals surface area contributed by atoms with Crippen molar-refractivity contribution in [2.75, 3.05) is 11.5 Å². The van der Waals surface area contributed by atoms with Gasteiger partial charge in [0.15, 0.2) is 0 Å². The van der Waals surface area contributed by atoms with Gasteiger partial charge in [0.1, 0.15) is 6.10 Å². The molecule has 344 valence electrons. The number of fused-ring (bicyclic) bond motifs is 8. The fourth-order valence-corrected chi connectivity index (χ4v) is 14.8. The number of alkyl halides is 3. The van der Waals surface area contributed by atoms with Gasteiger partial charge in [0.2, 0.25) is 5.91 Å². The fraction of sp³-hybridized carbons (Fsp3) is 0.760. The van der Waals surface area contributed by atoms with Gasteiger partial charge in [-0.05, 0) is 154 Å². The lowest BCUT2D eigenvalue weighted by Crippen LogP contribution is -2.65. The second-order valence-corrected chi connectivity index (χ2v) is 21.6. The van der Waals surface area contributed by atoms with Crippen LogP contribution in [0.5, 0.6) is 0 Å². The van der Waals surface area contributed by atoms with Crippen molar-refractivity contribution in [1.29, 1.82) is 0 Å². The number of anilines is 1. The minimum Gasteiger partial charge on any atom is -0.481 e. The number of amides is 2. The first-order valence-corrected chi connectivity index (χ1v) is 23.6. The molecule has 1 heterocycles. The molecule has 7 rings (SSSR count). The summed E-state index contributed by atoms with van der Waals surface area (Å²) in [4.78, 5) is 54.3. The second-order valence-electron chi connectivity index (χ2n) is 21.6. The molecule has 4 saturated carbocycles. The molecule has 0 aromatic heterocycles. The number of esters is 1. The zero-order chi connectivity index (χ0) is 45.4. The monoisotopic (exact) mass is 869 g/mol. The van der Waals surface area contributed by atoms with E-state index < -0.39 is 41.3 Å². The van der Waals surface area contributed by atoms with E-state index in [0.29, 0.717) is 30.1 Å². The third-order valence-corrected chi connectivity index (χ3v) is 18.5. The molecule has 12 heteroatoms. The quantitative estimate of drug-likeness (QED) is 0.187. The van der Waals surface area contributed by atoms with Gasteiger partial charge in [-0.1, -0.05) is 67.0 Å². The summed E-state index contributed by atoms with van der Waals surface area (Å²) in [6.45, 7) is 20.2. The lowest BCUT2D eigenvalue weighted by atomic mass is 9.33. The molecule has 2 amide bonds. The summed E-state index contributed by atoms with van der Waals surface area (Å²) >= 11 is 0. The summed E-state index contributed by atoms with van der Waals surface area (Å²) < 4.78 is 53.0. The van der Waals surface area contributed by atoms with E-state index in [-0.39, 0.29) is 89.1 Å². The Morgan fingerprint density at radius 2 is 1.65 bits per heavy atom. The normalized spacial score (nSPS) is 38.5. The molecule has 6 aliphatic rings. The number of carboxylic acids is 1. The van der Waals surface area contributed by atoms with Crippen LogP contribution < -0.4 is 10.2 Å². The van der Waals surface area contributed by atoms with Gasteiger partial charge in [-0.15, -0.1) is 0 Å². The maximum atomic E-state index is 13.8. The van der Waals surface area contributed by atoms with Crippen LogP contribution >= 0.6 is 0 Å². The van der Waals surface area contributed by atoms with E-state index in [1.54, 1.807) is 6.92 Å². The number of aliphatic carboxylic acids is 1. The highest BCUT2D eigenvalue weighted by Crippen LogP contribution is 2.76. The number of hydrogen-bond donors (Lipinski definition) is 2. The van der Waals surface area contributed by atoms with Crippen molar-refractivity contribution in [3.05, 3.63) is 41.0 Å². The fourth-order valence-electron chi connectivity index (χ4n) is 14.8. The van der Waals surface area contributed by atoms with E-state index in [9.17, 15) is 37.5 Å². The number of nitrogens with one attached hydrogen (secondary N) is 1. The van der Waals surface area contributed by atoms with Gasteiger partial charge in [-0.3, -0.25) is 19.3 Å². The molecule has 0 unspecified atom stereocenters. The molecule has 5 aliphatic carbocycles. The van der Waals surface area contributed by atoms with Crippen molar-refractivity contribution in [2.24, 2.45) is 56.7 Å². The van der Waals surface area contributed by atoms with Gasteiger partial charge in [-0.2, -0.15) is 13.2 Å². The van der Waals surface area contributed by atoms with Gasteiger partial charge < -0.3 is 19.9 Å². The Morgan fingerprint density at radius 1 is 0.919 bits per heavy atom. The number of rotatable bonds is 9. The highest BCUT2D eigenvalue weighted by Gasteiger charge is 2.70. The summed E-state index contributed by atoms with van der Waals surface area (Å²) in [6, 6.07) is 2.05. The number of allylic oxidation sites excluding steroid dienone is 2. The van der Waals surface area contributed by atoms with Crippen molar-refractivity contribution < 1.29 is 46.9 Å². The first kappa shape index (κ1) is 46.4. The Balaban J connectivity index is 0.998. The molecule has 0 saturated heterocycles. The Labute approximate surface area is 366 Å². The van der Waals surface area contributed by atoms with Gasteiger partial charge in [0.05, 0.1) is 29.3 Å². The zero-order valence-electron chi connectivity index (χ0n) is 38.5. The minimum absolute atomic E-state index is 0.00625. The average molecular weight is 869 g/mol. The maximum absolute atomic E-state index is 13.8. The number of ether oxygens (including phenoxy) is 2. The van der Waals surface area contributed by atoms with Crippen LogP contribution in [-0.2, 0) is 30.0 Å². The van der Waals surface area contributed by atoms with Gasteiger partial charge in [-0.25, -0.2) is 4.79 Å². The van der Waals surface area contributed by atoms with Gasteiger partial charge >= 0.3 is 24.2 Å². The Morgan fingerprint density at radius 3 is 2.31 bits per heavy atom. The van der Waals surface area contributed by atoms with Crippen LogP contribution in [0.4, 0.5) is 23.7 Å². The molecule has 1 aliphatic heterocycles. The SMILES string of the molecule is CCOC(=O)N1c2ccc(C(F)(F)F)cc2[C@@H](NC(=O)CCCC(=O)O[C@H]2CC[C@]3(C)[C@H]4CC=C5[C@@H]6[C@@H](C)[C@H](C)CC[C@]6(C(=O)O)CC[C@@]5(C)[C@]4(C)CC[C@H]3C2(C)C)C[C@H]1CC. The maximum Gasteiger partial charge on any atom is 0.416 e. The van der Waals surface area contributed by atoms with E-state index in [1.165, 1.54) is 16.5 Å². The van der Waals surface area contributed by atoms with Crippen molar-refractivity contribution in [2.45, 2.75) is 177 Å². The van der Waals surface area contributed by atoms with Gasteiger partial charge in [0.25, 0.3) is 0 Å². The predicted octanol–water partition coefficient (Wildman–Crippen LogP) is 11.8. The molecular weight excluding hydrogens is 798 g/mol. The van der Waals surface area contributed by atoms with E-state index in [2.05, 4.69) is 59.9 Å². The van der Waals surface area contributed by atoms with Crippen LogP contribution in [0.1, 0.15) is 169 Å². The number of carbonyl (C=O) groups excluding carboxylic acids is 3. The van der Waals surface area contributed by atoms with Crippen LogP contribution in [0.15, 0.2) is 29.8 Å². The number of halogens is 3. The third-order valence-electron chi connectivity index (χ3n) is 18.5. The highest BCUT2D eigenvalue weighted by molar-refractivity contribution is 5.91. The lowest BCUT2D eigenvalue weighted by Gasteiger charge is -2.71.